The third-order valence-electron chi connectivity index (χ3n) is 3.39. The van der Waals surface area contributed by atoms with Gasteiger partial charge in [0, 0.05) is 5.92 Å². The Balaban J connectivity index is 2.04. The van der Waals surface area contributed by atoms with Crippen molar-refractivity contribution in [1.82, 2.24) is 0 Å². The molecule has 0 spiro atoms. The zero-order valence-electron chi connectivity index (χ0n) is 6.00. The monoisotopic (exact) mass is 264 g/mol. The Morgan fingerprint density at radius 2 is 2.27 bits per heavy atom. The maximum absolute atomic E-state index is 11.2. The van der Waals surface area contributed by atoms with Crippen molar-refractivity contribution in [2.45, 2.75) is 22.9 Å². The minimum absolute atomic E-state index is 0.0849. The third-order valence-corrected chi connectivity index (χ3v) is 5.12. The number of carbonyl (C=O) groups excluding carboxylic acids is 1. The van der Waals surface area contributed by atoms with Gasteiger partial charge in [0.2, 0.25) is 0 Å². The van der Waals surface area contributed by atoms with Gasteiger partial charge in [-0.2, -0.15) is 0 Å². The Morgan fingerprint density at radius 3 is 2.91 bits per heavy atom. The second kappa shape index (κ2) is 1.92. The smallest absolute Gasteiger partial charge is 0.309 e. The molecule has 0 N–H and O–H groups in total. The first kappa shape index (κ1) is 6.69. The molecule has 11 heavy (non-hydrogen) atoms. The van der Waals surface area contributed by atoms with E-state index in [1.54, 1.807) is 0 Å². The molecule has 0 amide bonds. The Labute approximate surface area is 78.8 Å². The minimum Gasteiger partial charge on any atom is -0.461 e. The van der Waals surface area contributed by atoms with E-state index in [0.29, 0.717) is 9.84 Å². The van der Waals surface area contributed by atoms with Crippen LogP contribution in [0.5, 0.6) is 0 Å². The van der Waals surface area contributed by atoms with Crippen molar-refractivity contribution in [2.75, 3.05) is 0 Å². The largest absolute Gasteiger partial charge is 0.461 e. The molecule has 1 saturated heterocycles. The second-order valence-electron chi connectivity index (χ2n) is 3.85. The Kier molecular flexibility index (Phi) is 1.17. The highest BCUT2D eigenvalue weighted by Crippen LogP contribution is 2.56. The van der Waals surface area contributed by atoms with Crippen LogP contribution >= 0.6 is 22.6 Å². The normalized spacial score (nSPS) is 58.6. The molecule has 2 saturated carbocycles. The van der Waals surface area contributed by atoms with Crippen LogP contribution in [0.2, 0.25) is 0 Å². The third kappa shape index (κ3) is 0.661. The van der Waals surface area contributed by atoms with Gasteiger partial charge in [-0.15, -0.1) is 0 Å². The lowest BCUT2D eigenvalue weighted by Gasteiger charge is -2.19. The van der Waals surface area contributed by atoms with Crippen molar-refractivity contribution in [2.24, 2.45) is 17.8 Å². The molecule has 1 aliphatic heterocycles. The molecule has 2 aliphatic carbocycles. The highest BCUT2D eigenvalue weighted by atomic mass is 127. The van der Waals surface area contributed by atoms with Crippen LogP contribution in [0.4, 0.5) is 0 Å². The fourth-order valence-corrected chi connectivity index (χ4v) is 4.15. The van der Waals surface area contributed by atoms with Gasteiger partial charge in [-0.25, -0.2) is 0 Å². The number of halogens is 1. The lowest BCUT2D eigenvalue weighted by Crippen LogP contribution is -2.26. The van der Waals surface area contributed by atoms with Gasteiger partial charge in [0.1, 0.15) is 6.10 Å². The maximum atomic E-state index is 11.2. The van der Waals surface area contributed by atoms with Crippen LogP contribution in [-0.2, 0) is 9.53 Å². The predicted octanol–water partition coefficient (Wildman–Crippen LogP) is 1.37. The van der Waals surface area contributed by atoms with Crippen LogP contribution in [-0.4, -0.2) is 16.0 Å². The summed E-state index contributed by atoms with van der Waals surface area (Å²) in [5.74, 6) is 1.74. The maximum Gasteiger partial charge on any atom is 0.309 e. The fourth-order valence-electron chi connectivity index (χ4n) is 2.88. The van der Waals surface area contributed by atoms with Gasteiger partial charge in [-0.3, -0.25) is 4.79 Å². The molecular weight excluding hydrogens is 255 g/mol. The molecule has 3 aliphatic rings. The second-order valence-corrected chi connectivity index (χ2v) is 5.29. The van der Waals surface area contributed by atoms with E-state index in [2.05, 4.69) is 22.6 Å². The lowest BCUT2D eigenvalue weighted by atomic mass is 9.90. The van der Waals surface area contributed by atoms with Crippen molar-refractivity contribution in [3.05, 3.63) is 0 Å². The molecule has 2 bridgehead atoms. The van der Waals surface area contributed by atoms with E-state index in [0.717, 1.165) is 12.3 Å². The number of esters is 1. The summed E-state index contributed by atoms with van der Waals surface area (Å²) < 4.78 is 5.92. The SMILES string of the molecule is O=C1OC2C(I)[C@@H]3C[C@H]2[C@H]1C3. The highest BCUT2D eigenvalue weighted by Gasteiger charge is 2.60. The van der Waals surface area contributed by atoms with Gasteiger partial charge in [-0.05, 0) is 18.8 Å². The van der Waals surface area contributed by atoms with Crippen LogP contribution in [0.15, 0.2) is 0 Å². The van der Waals surface area contributed by atoms with E-state index in [9.17, 15) is 4.79 Å². The van der Waals surface area contributed by atoms with Gasteiger partial charge in [0.05, 0.1) is 9.84 Å². The van der Waals surface area contributed by atoms with E-state index in [4.69, 9.17) is 4.74 Å². The molecule has 3 fully saturated rings. The van der Waals surface area contributed by atoms with Gasteiger partial charge in [0.25, 0.3) is 0 Å². The van der Waals surface area contributed by atoms with Crippen LogP contribution < -0.4 is 0 Å². The average molecular weight is 264 g/mol. The van der Waals surface area contributed by atoms with Crippen molar-refractivity contribution >= 4 is 28.6 Å². The summed E-state index contributed by atoms with van der Waals surface area (Å²) in [5, 5.41) is 0. The van der Waals surface area contributed by atoms with Crippen molar-refractivity contribution in [1.29, 1.82) is 0 Å². The molecule has 0 aromatic rings. The van der Waals surface area contributed by atoms with Crippen LogP contribution in [0.25, 0.3) is 0 Å². The summed E-state index contributed by atoms with van der Waals surface area (Å²) in [7, 11) is 0. The van der Waals surface area contributed by atoms with Crippen LogP contribution in [0.3, 0.4) is 0 Å². The van der Waals surface area contributed by atoms with Gasteiger partial charge < -0.3 is 4.74 Å². The molecule has 5 atom stereocenters. The van der Waals surface area contributed by atoms with E-state index < -0.39 is 0 Å². The van der Waals surface area contributed by atoms with Crippen LogP contribution in [0, 0.1) is 17.8 Å². The molecule has 1 heterocycles. The minimum atomic E-state index is 0.0849. The van der Waals surface area contributed by atoms with E-state index in [1.165, 1.54) is 6.42 Å². The van der Waals surface area contributed by atoms with E-state index >= 15 is 0 Å². The van der Waals surface area contributed by atoms with Crippen molar-refractivity contribution < 1.29 is 9.53 Å². The molecular formula is C8H9IO2. The number of fused-ring (bicyclic) bond motifs is 1. The number of rotatable bonds is 0. The molecule has 0 radical (unpaired) electrons. The molecule has 3 rings (SSSR count). The standard InChI is InChI=1S/C8H9IO2/c9-6-3-1-4-5(2-3)8(10)11-7(4)6/h3-7H,1-2H2/t3-,4+,5-,6?,7?/m1/s1. The topological polar surface area (TPSA) is 26.3 Å². The molecule has 0 aromatic carbocycles. The summed E-state index contributed by atoms with van der Waals surface area (Å²) in [5.41, 5.74) is 0. The zero-order valence-corrected chi connectivity index (χ0v) is 8.15. The molecule has 2 unspecified atom stereocenters. The number of hydrogen-bond acceptors (Lipinski definition) is 2. The van der Waals surface area contributed by atoms with Gasteiger partial charge in [0.15, 0.2) is 0 Å². The first-order valence-corrected chi connectivity index (χ1v) is 5.36. The summed E-state index contributed by atoms with van der Waals surface area (Å²) in [6.45, 7) is 0. The summed E-state index contributed by atoms with van der Waals surface area (Å²) in [4.78, 5) is 11.2. The predicted molar refractivity (Wildman–Crippen MR) is 47.4 cm³/mol. The molecule has 2 nitrogen and oxygen atoms in total. The Morgan fingerprint density at radius 1 is 1.45 bits per heavy atom. The van der Waals surface area contributed by atoms with Gasteiger partial charge >= 0.3 is 5.97 Å². The summed E-state index contributed by atoms with van der Waals surface area (Å²) in [6, 6.07) is 0. The highest BCUT2D eigenvalue weighted by molar-refractivity contribution is 14.1. The molecule has 3 heteroatoms. The summed E-state index contributed by atoms with van der Waals surface area (Å²) >= 11 is 2.45. The zero-order chi connectivity index (χ0) is 7.59. The average Bonchev–Trinajstić information content (AvgIpc) is 2.53. The molecule has 0 aromatic heterocycles. The van der Waals surface area contributed by atoms with Crippen molar-refractivity contribution in [3.8, 4) is 0 Å². The number of ether oxygens (including phenoxy) is 1. The number of hydrogen-bond donors (Lipinski definition) is 0. The Hall–Kier alpha value is 0.200. The van der Waals surface area contributed by atoms with Crippen molar-refractivity contribution in [3.63, 3.8) is 0 Å². The number of alkyl halides is 1. The van der Waals surface area contributed by atoms with Gasteiger partial charge in [-0.1, -0.05) is 22.6 Å². The quantitative estimate of drug-likeness (QED) is 0.375. The summed E-state index contributed by atoms with van der Waals surface area (Å²) in [6.07, 6.45) is 2.63. The first-order chi connectivity index (χ1) is 5.27. The number of carbonyl (C=O) groups is 1. The van der Waals surface area contributed by atoms with Crippen LogP contribution in [0.1, 0.15) is 12.8 Å². The first-order valence-electron chi connectivity index (χ1n) is 4.12. The molecule has 60 valence electrons. The lowest BCUT2D eigenvalue weighted by molar-refractivity contribution is -0.143. The van der Waals surface area contributed by atoms with E-state index in [1.807, 2.05) is 0 Å². The Bertz CT molecular complexity index is 228. The fraction of sp³-hybridized carbons (Fsp3) is 0.875. The van der Waals surface area contributed by atoms with E-state index in [-0.39, 0.29) is 18.0 Å².